The van der Waals surface area contributed by atoms with Crippen molar-refractivity contribution in [1.82, 2.24) is 19.1 Å². The van der Waals surface area contributed by atoms with Gasteiger partial charge in [0.1, 0.15) is 0 Å². The van der Waals surface area contributed by atoms with E-state index in [0.29, 0.717) is 10.4 Å². The second kappa shape index (κ2) is 6.96. The van der Waals surface area contributed by atoms with Crippen molar-refractivity contribution in [3.63, 3.8) is 0 Å². The van der Waals surface area contributed by atoms with E-state index < -0.39 is 17.2 Å². The number of hydrogen-bond acceptors (Lipinski definition) is 6. The van der Waals surface area contributed by atoms with Gasteiger partial charge in [-0.1, -0.05) is 0 Å². The number of carbonyl (C=O) groups is 1. The lowest BCUT2D eigenvalue weighted by atomic mass is 10.2. The largest absolute Gasteiger partial charge is 0.478 e. The van der Waals surface area contributed by atoms with Crippen LogP contribution in [0.5, 0.6) is 0 Å². The summed E-state index contributed by atoms with van der Waals surface area (Å²) in [5.74, 6) is -1.00. The van der Waals surface area contributed by atoms with Gasteiger partial charge in [0, 0.05) is 13.3 Å². The van der Waals surface area contributed by atoms with E-state index in [9.17, 15) is 14.4 Å². The van der Waals surface area contributed by atoms with Gasteiger partial charge in [0.05, 0.1) is 17.8 Å². The van der Waals surface area contributed by atoms with E-state index in [4.69, 9.17) is 5.11 Å². The number of imidazole rings is 1. The second-order valence-electron chi connectivity index (χ2n) is 5.29. The number of halogens is 1. The molecule has 0 saturated heterocycles. The molecule has 0 fully saturated rings. The highest BCUT2D eigenvalue weighted by Crippen LogP contribution is 2.15. The van der Waals surface area contributed by atoms with Gasteiger partial charge in [0.2, 0.25) is 0 Å². The molecule has 0 aliphatic heterocycles. The number of hydrogen-bond donors (Lipinski definition) is 3. The summed E-state index contributed by atoms with van der Waals surface area (Å²) in [6.07, 6.45) is 1.52. The first-order chi connectivity index (χ1) is 12.4. The zero-order valence-corrected chi connectivity index (χ0v) is 15.0. The summed E-state index contributed by atoms with van der Waals surface area (Å²) in [6.45, 7) is 0.221. The minimum atomic E-state index is -1.00. The molecule has 0 spiro atoms. The van der Waals surface area contributed by atoms with Gasteiger partial charge in [-0.25, -0.2) is 14.6 Å². The van der Waals surface area contributed by atoms with Gasteiger partial charge in [-0.3, -0.25) is 19.8 Å². The summed E-state index contributed by atoms with van der Waals surface area (Å²) in [5, 5.41) is 12.9. The lowest BCUT2D eigenvalue weighted by molar-refractivity contribution is 0.0697. The van der Waals surface area contributed by atoms with E-state index in [1.165, 1.54) is 30.0 Å². The molecular weight excluding hydrogens is 408 g/mol. The smallest absolute Gasteiger partial charge is 0.335 e. The molecule has 1 aromatic carbocycles. The fourth-order valence-corrected chi connectivity index (χ4v) is 2.79. The van der Waals surface area contributed by atoms with Crippen LogP contribution in [-0.2, 0) is 13.6 Å². The topological polar surface area (TPSA) is 134 Å². The molecule has 3 rings (SSSR count). The highest BCUT2D eigenvalue weighted by atomic mass is 79.9. The maximum Gasteiger partial charge on any atom is 0.335 e. The molecular formula is C15H13BrN6O4. The Morgan fingerprint density at radius 1 is 1.38 bits per heavy atom. The van der Waals surface area contributed by atoms with Crippen molar-refractivity contribution >= 4 is 45.0 Å². The van der Waals surface area contributed by atoms with Crippen LogP contribution in [0.25, 0.3) is 11.2 Å². The van der Waals surface area contributed by atoms with Crippen LogP contribution >= 0.6 is 15.9 Å². The van der Waals surface area contributed by atoms with Gasteiger partial charge in [0.15, 0.2) is 15.9 Å². The molecule has 3 N–H and O–H groups in total. The monoisotopic (exact) mass is 420 g/mol. The number of rotatable bonds is 5. The number of aromatic carboxylic acids is 1. The average Bonchev–Trinajstić information content (AvgIpc) is 2.94. The van der Waals surface area contributed by atoms with E-state index in [0.717, 1.165) is 0 Å². The molecule has 0 amide bonds. The van der Waals surface area contributed by atoms with Crippen LogP contribution in [-0.4, -0.2) is 36.4 Å². The standard InChI is InChI=1S/C15H13BrN6O4/c1-21-11-10(12(23)19-15(21)26)22(14(16)18-11)7-6-17-20-9-4-2-8(3-5-9)13(24)25/h2-6,20H,7H2,1H3,(H,24,25)(H,19,23,26). The van der Waals surface area contributed by atoms with Gasteiger partial charge in [-0.05, 0) is 40.2 Å². The second-order valence-corrected chi connectivity index (χ2v) is 6.00. The minimum Gasteiger partial charge on any atom is -0.478 e. The van der Waals surface area contributed by atoms with Crippen LogP contribution in [0.3, 0.4) is 0 Å². The Labute approximate surface area is 153 Å². The third kappa shape index (κ3) is 3.28. The quantitative estimate of drug-likeness (QED) is 0.320. The molecule has 0 radical (unpaired) electrons. The van der Waals surface area contributed by atoms with Crippen molar-refractivity contribution in [3.8, 4) is 0 Å². The van der Waals surface area contributed by atoms with Crippen molar-refractivity contribution in [3.05, 3.63) is 55.4 Å². The Morgan fingerprint density at radius 3 is 2.73 bits per heavy atom. The third-order valence-electron chi connectivity index (χ3n) is 3.64. The number of hydrazone groups is 1. The zero-order chi connectivity index (χ0) is 18.8. The number of aromatic nitrogens is 4. The fourth-order valence-electron chi connectivity index (χ4n) is 2.30. The maximum atomic E-state index is 12.1. The number of carboxylic acids is 1. The van der Waals surface area contributed by atoms with Crippen LogP contribution in [0, 0.1) is 0 Å². The number of H-pyrrole nitrogens is 1. The predicted octanol–water partition coefficient (Wildman–Crippen LogP) is 0.982. The Kier molecular flexibility index (Phi) is 4.71. The van der Waals surface area contributed by atoms with E-state index >= 15 is 0 Å². The summed E-state index contributed by atoms with van der Waals surface area (Å²) in [4.78, 5) is 40.9. The van der Waals surface area contributed by atoms with Crippen molar-refractivity contribution < 1.29 is 9.90 Å². The molecule has 0 aliphatic rings. The van der Waals surface area contributed by atoms with Gasteiger partial charge in [-0.15, -0.1) is 0 Å². The van der Waals surface area contributed by atoms with Crippen molar-refractivity contribution in [1.29, 1.82) is 0 Å². The number of aryl methyl sites for hydroxylation is 1. The van der Waals surface area contributed by atoms with Crippen molar-refractivity contribution in [2.24, 2.45) is 12.1 Å². The van der Waals surface area contributed by atoms with E-state index in [-0.39, 0.29) is 23.3 Å². The first-order valence-electron chi connectivity index (χ1n) is 7.34. The summed E-state index contributed by atoms with van der Waals surface area (Å²) in [5.41, 5.74) is 2.98. The van der Waals surface area contributed by atoms with E-state index in [1.54, 1.807) is 16.7 Å². The minimum absolute atomic E-state index is 0.179. The molecule has 26 heavy (non-hydrogen) atoms. The highest BCUT2D eigenvalue weighted by Gasteiger charge is 2.14. The predicted molar refractivity (Wildman–Crippen MR) is 98.8 cm³/mol. The van der Waals surface area contributed by atoms with Gasteiger partial charge < -0.3 is 9.67 Å². The number of anilines is 1. The molecule has 3 aromatic rings. The van der Waals surface area contributed by atoms with E-state index in [1.807, 2.05) is 0 Å². The number of carboxylic acid groups (broad SMARTS) is 1. The molecule has 0 aliphatic carbocycles. The zero-order valence-electron chi connectivity index (χ0n) is 13.4. The number of nitrogens with zero attached hydrogens (tertiary/aromatic N) is 4. The van der Waals surface area contributed by atoms with Crippen LogP contribution < -0.4 is 16.7 Å². The van der Waals surface area contributed by atoms with Crippen molar-refractivity contribution in [2.75, 3.05) is 5.43 Å². The van der Waals surface area contributed by atoms with Crippen LogP contribution in [0.1, 0.15) is 10.4 Å². The van der Waals surface area contributed by atoms with Crippen LogP contribution in [0.4, 0.5) is 5.69 Å². The third-order valence-corrected chi connectivity index (χ3v) is 4.25. The molecule has 0 saturated carbocycles. The van der Waals surface area contributed by atoms with Crippen LogP contribution in [0.2, 0.25) is 0 Å². The molecule has 2 heterocycles. The van der Waals surface area contributed by atoms with Gasteiger partial charge >= 0.3 is 11.7 Å². The lowest BCUT2D eigenvalue weighted by Crippen LogP contribution is -2.29. The number of nitrogens with one attached hydrogen (secondary N) is 2. The summed E-state index contributed by atoms with van der Waals surface area (Å²) in [6, 6.07) is 6.09. The summed E-state index contributed by atoms with van der Waals surface area (Å²) >= 11 is 3.27. The summed E-state index contributed by atoms with van der Waals surface area (Å²) in [7, 11) is 1.51. The molecule has 0 atom stereocenters. The molecule has 10 nitrogen and oxygen atoms in total. The molecule has 11 heteroatoms. The van der Waals surface area contributed by atoms with Gasteiger partial charge in [0.25, 0.3) is 5.56 Å². The van der Waals surface area contributed by atoms with Gasteiger partial charge in [-0.2, -0.15) is 5.10 Å². The average molecular weight is 421 g/mol. The fraction of sp³-hybridized carbons (Fsp3) is 0.133. The normalized spacial score (nSPS) is 11.3. The molecule has 134 valence electrons. The number of aromatic amines is 1. The van der Waals surface area contributed by atoms with Crippen LogP contribution in [0.15, 0.2) is 43.7 Å². The lowest BCUT2D eigenvalue weighted by Gasteiger charge is -2.03. The molecule has 0 bridgehead atoms. The SMILES string of the molecule is Cn1c(=O)[nH]c(=O)c2c1nc(Br)n2CC=NNc1ccc(C(=O)O)cc1. The molecule has 0 unspecified atom stereocenters. The van der Waals surface area contributed by atoms with E-state index in [2.05, 4.69) is 36.4 Å². The maximum absolute atomic E-state index is 12.1. The highest BCUT2D eigenvalue weighted by molar-refractivity contribution is 9.10. The molecule has 2 aromatic heterocycles. The summed E-state index contributed by atoms with van der Waals surface area (Å²) < 4.78 is 3.19. The number of fused-ring (bicyclic) bond motifs is 1. The Morgan fingerprint density at radius 2 is 2.08 bits per heavy atom. The Balaban J connectivity index is 1.79. The Bertz CT molecular complexity index is 1130. The number of benzene rings is 1. The first kappa shape index (κ1) is 17.6. The van der Waals surface area contributed by atoms with Crippen molar-refractivity contribution in [2.45, 2.75) is 6.54 Å². The first-order valence-corrected chi connectivity index (χ1v) is 8.13. The Hall–Kier alpha value is -3.21.